The van der Waals surface area contributed by atoms with Crippen LogP contribution in [-0.4, -0.2) is 70.2 Å². The zero-order valence-electron chi connectivity index (χ0n) is 13.0. The highest BCUT2D eigenvalue weighted by Crippen LogP contribution is 2.39. The Morgan fingerprint density at radius 3 is 2.64 bits per heavy atom. The van der Waals surface area contributed by atoms with Crippen LogP contribution in [0, 0.1) is 0 Å². The van der Waals surface area contributed by atoms with E-state index in [4.69, 9.17) is 4.74 Å². The van der Waals surface area contributed by atoms with E-state index in [1.165, 1.54) is 12.8 Å². The molecule has 1 saturated carbocycles. The van der Waals surface area contributed by atoms with E-state index in [0.717, 1.165) is 31.6 Å². The molecule has 3 aliphatic rings. The maximum Gasteiger partial charge on any atom is 0.410 e. The monoisotopic (exact) mass is 305 g/mol. The first-order valence-corrected chi connectivity index (χ1v) is 8.25. The Hall–Kier alpha value is -1.63. The van der Waals surface area contributed by atoms with Crippen molar-refractivity contribution in [3.63, 3.8) is 0 Å². The molecule has 4 rings (SSSR count). The third kappa shape index (κ3) is 2.82. The van der Waals surface area contributed by atoms with Crippen molar-refractivity contribution in [1.29, 1.82) is 0 Å². The summed E-state index contributed by atoms with van der Waals surface area (Å²) in [6, 6.07) is 0.255. The molecule has 3 heterocycles. The second kappa shape index (κ2) is 5.53. The lowest BCUT2D eigenvalue weighted by molar-refractivity contribution is 0.00806. The van der Waals surface area contributed by atoms with Crippen molar-refractivity contribution >= 4 is 6.09 Å². The number of carbonyl (C=O) groups excluding carboxylic acids is 1. The number of rotatable bonds is 3. The summed E-state index contributed by atoms with van der Waals surface area (Å²) in [5.41, 5.74) is 1.10. The van der Waals surface area contributed by atoms with Crippen LogP contribution in [0.2, 0.25) is 0 Å². The SMILES string of the molecule is CN1CCC(OC(=O)N2CC(n3cc(C4CC4)nn3)C2)CC1. The molecule has 0 spiro atoms. The molecule has 0 radical (unpaired) electrons. The molecule has 1 aromatic rings. The van der Waals surface area contributed by atoms with Crippen LogP contribution in [0.15, 0.2) is 6.20 Å². The number of ether oxygens (including phenoxy) is 1. The normalized spacial score (nSPS) is 24.3. The molecule has 1 amide bonds. The average molecular weight is 305 g/mol. The van der Waals surface area contributed by atoms with Gasteiger partial charge in [0.05, 0.1) is 11.7 Å². The van der Waals surface area contributed by atoms with E-state index in [2.05, 4.69) is 22.3 Å². The van der Waals surface area contributed by atoms with Crippen LogP contribution >= 0.6 is 0 Å². The van der Waals surface area contributed by atoms with Gasteiger partial charge in [-0.25, -0.2) is 9.48 Å². The van der Waals surface area contributed by atoms with Crippen LogP contribution in [0.5, 0.6) is 0 Å². The van der Waals surface area contributed by atoms with Crippen LogP contribution in [-0.2, 0) is 4.74 Å². The molecule has 120 valence electrons. The summed E-state index contributed by atoms with van der Waals surface area (Å²) in [5, 5.41) is 8.42. The Labute approximate surface area is 130 Å². The Kier molecular flexibility index (Phi) is 3.52. The first-order valence-electron chi connectivity index (χ1n) is 8.25. The maximum absolute atomic E-state index is 12.1. The van der Waals surface area contributed by atoms with Crippen LogP contribution in [0.3, 0.4) is 0 Å². The fourth-order valence-corrected chi connectivity index (χ4v) is 3.13. The molecular formula is C15H23N5O2. The smallest absolute Gasteiger partial charge is 0.410 e. The average Bonchev–Trinajstić information content (AvgIpc) is 3.20. The lowest BCUT2D eigenvalue weighted by Gasteiger charge is -2.39. The number of amides is 1. The molecule has 0 atom stereocenters. The van der Waals surface area contributed by atoms with Gasteiger partial charge in [-0.2, -0.15) is 0 Å². The van der Waals surface area contributed by atoms with Gasteiger partial charge in [0.2, 0.25) is 0 Å². The van der Waals surface area contributed by atoms with Gasteiger partial charge in [-0.1, -0.05) is 5.21 Å². The summed E-state index contributed by atoms with van der Waals surface area (Å²) in [5.74, 6) is 0.624. The summed E-state index contributed by atoms with van der Waals surface area (Å²) in [6.45, 7) is 3.37. The predicted molar refractivity (Wildman–Crippen MR) is 79.6 cm³/mol. The third-order valence-electron chi connectivity index (χ3n) is 4.95. The summed E-state index contributed by atoms with van der Waals surface area (Å²) < 4.78 is 7.51. The first kappa shape index (κ1) is 14.0. The van der Waals surface area contributed by atoms with Crippen molar-refractivity contribution in [2.45, 2.75) is 43.7 Å². The topological polar surface area (TPSA) is 63.5 Å². The van der Waals surface area contributed by atoms with Gasteiger partial charge in [0.1, 0.15) is 6.10 Å². The molecule has 0 N–H and O–H groups in total. The van der Waals surface area contributed by atoms with E-state index in [-0.39, 0.29) is 18.2 Å². The van der Waals surface area contributed by atoms with Crippen LogP contribution in [0.4, 0.5) is 4.79 Å². The Balaban J connectivity index is 1.24. The fraction of sp³-hybridized carbons (Fsp3) is 0.800. The van der Waals surface area contributed by atoms with Gasteiger partial charge in [-0.05, 0) is 32.7 Å². The molecule has 1 aliphatic carbocycles. The molecule has 2 saturated heterocycles. The third-order valence-corrected chi connectivity index (χ3v) is 4.95. The molecule has 3 fully saturated rings. The van der Waals surface area contributed by atoms with Gasteiger partial charge in [-0.15, -0.1) is 5.10 Å². The first-order chi connectivity index (χ1) is 10.7. The summed E-state index contributed by atoms with van der Waals surface area (Å²) in [7, 11) is 2.10. The quantitative estimate of drug-likeness (QED) is 0.841. The summed E-state index contributed by atoms with van der Waals surface area (Å²) in [4.78, 5) is 16.2. The molecule has 7 heteroatoms. The summed E-state index contributed by atoms with van der Waals surface area (Å²) >= 11 is 0. The minimum Gasteiger partial charge on any atom is -0.446 e. The Morgan fingerprint density at radius 2 is 1.95 bits per heavy atom. The molecule has 2 aliphatic heterocycles. The number of piperidine rings is 1. The number of hydrogen-bond donors (Lipinski definition) is 0. The van der Waals surface area contributed by atoms with Crippen LogP contribution in [0.25, 0.3) is 0 Å². The van der Waals surface area contributed by atoms with Crippen molar-refractivity contribution in [3.05, 3.63) is 11.9 Å². The molecule has 0 bridgehead atoms. The molecule has 7 nitrogen and oxygen atoms in total. The van der Waals surface area contributed by atoms with Gasteiger partial charge < -0.3 is 14.5 Å². The maximum atomic E-state index is 12.1. The number of hydrogen-bond acceptors (Lipinski definition) is 5. The van der Waals surface area contributed by atoms with Crippen molar-refractivity contribution in [2.24, 2.45) is 0 Å². The number of nitrogens with zero attached hydrogens (tertiary/aromatic N) is 5. The highest BCUT2D eigenvalue weighted by atomic mass is 16.6. The van der Waals surface area contributed by atoms with E-state index in [0.29, 0.717) is 19.0 Å². The molecule has 1 aromatic heterocycles. The minimum atomic E-state index is -0.173. The van der Waals surface area contributed by atoms with Crippen molar-refractivity contribution in [2.75, 3.05) is 33.2 Å². The Bertz CT molecular complexity index is 542. The van der Waals surface area contributed by atoms with Crippen molar-refractivity contribution in [3.8, 4) is 0 Å². The largest absolute Gasteiger partial charge is 0.446 e. The van der Waals surface area contributed by atoms with Crippen LogP contribution in [0.1, 0.15) is 43.3 Å². The number of carbonyl (C=O) groups is 1. The minimum absolute atomic E-state index is 0.0792. The second-order valence-electron chi connectivity index (χ2n) is 6.84. The standard InChI is InChI=1S/C15H23N5O2/c1-18-6-4-13(5-7-18)22-15(21)19-8-12(9-19)20-10-14(16-17-20)11-2-3-11/h10-13H,2-9H2,1H3. The van der Waals surface area contributed by atoms with E-state index in [1.54, 1.807) is 4.90 Å². The van der Waals surface area contributed by atoms with Gasteiger partial charge in [0, 0.05) is 38.3 Å². The van der Waals surface area contributed by atoms with Gasteiger partial charge >= 0.3 is 6.09 Å². The lowest BCUT2D eigenvalue weighted by atomic mass is 10.1. The van der Waals surface area contributed by atoms with E-state index >= 15 is 0 Å². The molecule has 0 unspecified atom stereocenters. The highest BCUT2D eigenvalue weighted by molar-refractivity contribution is 5.69. The predicted octanol–water partition coefficient (Wildman–Crippen LogP) is 1.24. The van der Waals surface area contributed by atoms with Gasteiger partial charge in [-0.3, -0.25) is 0 Å². The lowest BCUT2D eigenvalue weighted by Crippen LogP contribution is -2.52. The summed E-state index contributed by atoms with van der Waals surface area (Å²) in [6.07, 6.45) is 6.29. The zero-order valence-corrected chi connectivity index (χ0v) is 13.0. The molecular weight excluding hydrogens is 282 g/mol. The van der Waals surface area contributed by atoms with Crippen LogP contribution < -0.4 is 0 Å². The van der Waals surface area contributed by atoms with E-state index in [9.17, 15) is 4.79 Å². The Morgan fingerprint density at radius 1 is 1.23 bits per heavy atom. The second-order valence-corrected chi connectivity index (χ2v) is 6.84. The fourth-order valence-electron chi connectivity index (χ4n) is 3.13. The number of aromatic nitrogens is 3. The molecule has 0 aromatic carbocycles. The molecule has 22 heavy (non-hydrogen) atoms. The zero-order chi connectivity index (χ0) is 15.1. The highest BCUT2D eigenvalue weighted by Gasteiger charge is 2.36. The van der Waals surface area contributed by atoms with E-state index in [1.807, 2.05) is 10.9 Å². The number of likely N-dealkylation sites (tertiary alicyclic amines) is 2. The van der Waals surface area contributed by atoms with Crippen molar-refractivity contribution in [1.82, 2.24) is 24.8 Å². The van der Waals surface area contributed by atoms with Gasteiger partial charge in [0.15, 0.2) is 0 Å². The van der Waals surface area contributed by atoms with E-state index < -0.39 is 0 Å². The van der Waals surface area contributed by atoms with Gasteiger partial charge in [0.25, 0.3) is 0 Å². The van der Waals surface area contributed by atoms with Crippen molar-refractivity contribution < 1.29 is 9.53 Å².